The molecule has 2 nitrogen and oxygen atoms in total. The fourth-order valence-electron chi connectivity index (χ4n) is 5.29. The summed E-state index contributed by atoms with van der Waals surface area (Å²) in [6.45, 7) is 2.19. The number of nitrogens with one attached hydrogen (secondary N) is 1. The maximum atomic E-state index is 3.54. The highest BCUT2D eigenvalue weighted by molar-refractivity contribution is 6.10. The number of nitrogens with zero attached hydrogens (tertiary/aromatic N) is 1. The molecule has 0 radical (unpaired) electrons. The van der Waals surface area contributed by atoms with E-state index in [0.29, 0.717) is 0 Å². The molecule has 0 aliphatic carbocycles. The first kappa shape index (κ1) is 18.3. The first-order valence-corrected chi connectivity index (χ1v) is 11.4. The molecule has 0 bridgehead atoms. The number of H-pyrrole nitrogens is 1. The maximum absolute atomic E-state index is 3.54. The fraction of sp³-hybridized carbons (Fsp3) is 0.0323. The van der Waals surface area contributed by atoms with E-state index in [1.165, 1.54) is 66.0 Å². The van der Waals surface area contributed by atoms with Gasteiger partial charge in [-0.05, 0) is 66.1 Å². The van der Waals surface area contributed by atoms with Crippen LogP contribution in [0.3, 0.4) is 0 Å². The van der Waals surface area contributed by atoms with Crippen molar-refractivity contribution < 1.29 is 0 Å². The second-order valence-corrected chi connectivity index (χ2v) is 8.86. The minimum absolute atomic E-state index is 1.18. The van der Waals surface area contributed by atoms with Crippen LogP contribution in [0.25, 0.3) is 60.4 Å². The largest absolute Gasteiger partial charge is 0.355 e. The summed E-state index contributed by atoms with van der Waals surface area (Å²) in [5.41, 5.74) is 9.75. The molecular weight excluding hydrogens is 400 g/mol. The highest BCUT2D eigenvalue weighted by Crippen LogP contribution is 2.35. The molecule has 2 aromatic heterocycles. The number of rotatable bonds is 2. The lowest BCUT2D eigenvalue weighted by Gasteiger charge is -2.12. The van der Waals surface area contributed by atoms with Crippen molar-refractivity contribution in [3.63, 3.8) is 0 Å². The molecule has 156 valence electrons. The van der Waals surface area contributed by atoms with Crippen molar-refractivity contribution in [2.45, 2.75) is 6.92 Å². The summed E-state index contributed by atoms with van der Waals surface area (Å²) in [7, 11) is 0. The monoisotopic (exact) mass is 422 g/mol. The summed E-state index contributed by atoms with van der Waals surface area (Å²) in [4.78, 5) is 3.54. The predicted octanol–water partition coefficient (Wildman–Crippen LogP) is 8.39. The van der Waals surface area contributed by atoms with Crippen LogP contribution in [-0.2, 0) is 0 Å². The average Bonchev–Trinajstić information content (AvgIpc) is 3.39. The number of hydrogen-bond donors (Lipinski definition) is 1. The molecule has 7 aromatic rings. The summed E-state index contributed by atoms with van der Waals surface area (Å²) in [6.07, 6.45) is 0. The van der Waals surface area contributed by atoms with Crippen LogP contribution in [0.15, 0.2) is 109 Å². The van der Waals surface area contributed by atoms with E-state index in [0.717, 1.165) is 0 Å². The Morgan fingerprint density at radius 3 is 1.91 bits per heavy atom. The van der Waals surface area contributed by atoms with Crippen molar-refractivity contribution >= 4 is 43.6 Å². The maximum Gasteiger partial charge on any atom is 0.0541 e. The Morgan fingerprint density at radius 2 is 1.15 bits per heavy atom. The summed E-state index contributed by atoms with van der Waals surface area (Å²) >= 11 is 0. The van der Waals surface area contributed by atoms with Gasteiger partial charge in [-0.15, -0.1) is 0 Å². The Hall–Kier alpha value is -4.30. The molecule has 33 heavy (non-hydrogen) atoms. The number of aromatic nitrogens is 2. The average molecular weight is 423 g/mol. The van der Waals surface area contributed by atoms with Crippen LogP contribution < -0.4 is 0 Å². The molecule has 0 unspecified atom stereocenters. The third-order valence-corrected chi connectivity index (χ3v) is 6.74. The Bertz CT molecular complexity index is 1780. The molecule has 2 heteroatoms. The van der Waals surface area contributed by atoms with Gasteiger partial charge >= 0.3 is 0 Å². The molecule has 0 saturated heterocycles. The van der Waals surface area contributed by atoms with Gasteiger partial charge in [0.1, 0.15) is 0 Å². The third-order valence-electron chi connectivity index (χ3n) is 6.74. The molecule has 0 aliphatic heterocycles. The molecule has 0 amide bonds. The van der Waals surface area contributed by atoms with Gasteiger partial charge < -0.3 is 9.55 Å². The number of para-hydroxylation sites is 3. The molecule has 1 N–H and O–H groups in total. The van der Waals surface area contributed by atoms with Crippen LogP contribution in [0, 0.1) is 6.92 Å². The standard InChI is InChI=1S/C31H22N2/c1-20-16-22(21-14-15-29-27(19-21)24-8-2-5-11-28(24)32-29)18-23(17-20)33-30-12-6-3-9-25(30)26-10-4-7-13-31(26)33/h2-19,32H,1H3. The SMILES string of the molecule is Cc1cc(-c2ccc3[nH]c4ccccc4c3c2)cc(-n2c3ccccc3c3ccccc32)c1. The van der Waals surface area contributed by atoms with Gasteiger partial charge in [-0.3, -0.25) is 0 Å². The Morgan fingerprint density at radius 1 is 0.515 bits per heavy atom. The molecular formula is C31H22N2. The zero-order valence-corrected chi connectivity index (χ0v) is 18.3. The van der Waals surface area contributed by atoms with Gasteiger partial charge in [0.05, 0.1) is 11.0 Å². The summed E-state index contributed by atoms with van der Waals surface area (Å²) in [6, 6.07) is 39.5. The number of fused-ring (bicyclic) bond motifs is 6. The van der Waals surface area contributed by atoms with Gasteiger partial charge in [0.25, 0.3) is 0 Å². The van der Waals surface area contributed by atoms with E-state index >= 15 is 0 Å². The third kappa shape index (κ3) is 2.74. The fourth-order valence-corrected chi connectivity index (χ4v) is 5.29. The minimum Gasteiger partial charge on any atom is -0.355 e. The highest BCUT2D eigenvalue weighted by atomic mass is 15.0. The normalized spacial score (nSPS) is 11.8. The Balaban J connectivity index is 1.48. The summed E-state index contributed by atoms with van der Waals surface area (Å²) < 4.78 is 2.39. The van der Waals surface area contributed by atoms with Crippen LogP contribution in [-0.4, -0.2) is 9.55 Å². The van der Waals surface area contributed by atoms with Crippen molar-refractivity contribution in [2.75, 3.05) is 0 Å². The molecule has 5 aromatic carbocycles. The zero-order valence-electron chi connectivity index (χ0n) is 18.3. The quantitative estimate of drug-likeness (QED) is 0.289. The molecule has 0 atom stereocenters. The van der Waals surface area contributed by atoms with Crippen molar-refractivity contribution in [1.29, 1.82) is 0 Å². The van der Waals surface area contributed by atoms with Crippen molar-refractivity contribution in [3.8, 4) is 16.8 Å². The second kappa shape index (κ2) is 6.85. The molecule has 2 heterocycles. The lowest BCUT2D eigenvalue weighted by Crippen LogP contribution is -1.95. The van der Waals surface area contributed by atoms with E-state index in [2.05, 4.69) is 126 Å². The van der Waals surface area contributed by atoms with Crippen molar-refractivity contribution in [2.24, 2.45) is 0 Å². The molecule has 7 rings (SSSR count). The van der Waals surface area contributed by atoms with Gasteiger partial charge in [-0.25, -0.2) is 0 Å². The van der Waals surface area contributed by atoms with Crippen LogP contribution in [0.5, 0.6) is 0 Å². The Kier molecular flexibility index (Phi) is 3.80. The van der Waals surface area contributed by atoms with Gasteiger partial charge in [0.15, 0.2) is 0 Å². The summed E-state index contributed by atoms with van der Waals surface area (Å²) in [5.74, 6) is 0. The Labute approximate surface area is 191 Å². The van der Waals surface area contributed by atoms with Gasteiger partial charge in [0, 0.05) is 38.3 Å². The van der Waals surface area contributed by atoms with E-state index in [1.807, 2.05) is 0 Å². The van der Waals surface area contributed by atoms with E-state index < -0.39 is 0 Å². The number of hydrogen-bond acceptors (Lipinski definition) is 0. The lowest BCUT2D eigenvalue weighted by molar-refractivity contribution is 1.17. The summed E-state index contributed by atoms with van der Waals surface area (Å²) in [5, 5.41) is 5.11. The van der Waals surface area contributed by atoms with Crippen LogP contribution in [0.1, 0.15) is 5.56 Å². The molecule has 0 saturated carbocycles. The van der Waals surface area contributed by atoms with E-state index in [1.54, 1.807) is 0 Å². The van der Waals surface area contributed by atoms with Gasteiger partial charge in [-0.2, -0.15) is 0 Å². The van der Waals surface area contributed by atoms with E-state index in [-0.39, 0.29) is 0 Å². The van der Waals surface area contributed by atoms with Crippen molar-refractivity contribution in [1.82, 2.24) is 9.55 Å². The number of aryl methyl sites for hydroxylation is 1. The number of benzene rings is 5. The van der Waals surface area contributed by atoms with Crippen molar-refractivity contribution in [3.05, 3.63) is 115 Å². The zero-order chi connectivity index (χ0) is 21.9. The van der Waals surface area contributed by atoms with Crippen LogP contribution >= 0.6 is 0 Å². The smallest absolute Gasteiger partial charge is 0.0541 e. The molecule has 0 fully saturated rings. The first-order valence-electron chi connectivity index (χ1n) is 11.4. The molecule has 0 aliphatic rings. The first-order chi connectivity index (χ1) is 16.3. The highest BCUT2D eigenvalue weighted by Gasteiger charge is 2.13. The van der Waals surface area contributed by atoms with Crippen LogP contribution in [0.2, 0.25) is 0 Å². The van der Waals surface area contributed by atoms with E-state index in [4.69, 9.17) is 0 Å². The van der Waals surface area contributed by atoms with Gasteiger partial charge in [-0.1, -0.05) is 66.7 Å². The molecule has 0 spiro atoms. The second-order valence-electron chi connectivity index (χ2n) is 8.86. The van der Waals surface area contributed by atoms with Gasteiger partial charge in [0.2, 0.25) is 0 Å². The minimum atomic E-state index is 1.18. The predicted molar refractivity (Wildman–Crippen MR) is 140 cm³/mol. The van der Waals surface area contributed by atoms with Crippen LogP contribution in [0.4, 0.5) is 0 Å². The lowest BCUT2D eigenvalue weighted by atomic mass is 10.00. The van der Waals surface area contributed by atoms with E-state index in [9.17, 15) is 0 Å². The topological polar surface area (TPSA) is 20.7 Å². The number of aromatic amines is 1.